The smallest absolute Gasteiger partial charge is 0.314 e. The van der Waals surface area contributed by atoms with Crippen molar-refractivity contribution in [3.63, 3.8) is 0 Å². The van der Waals surface area contributed by atoms with Gasteiger partial charge in [0.2, 0.25) is 0 Å². The molecular weight excluding hydrogens is 156 g/mol. The molecule has 0 saturated carbocycles. The van der Waals surface area contributed by atoms with Crippen LogP contribution in [0.15, 0.2) is 36.5 Å². The van der Waals surface area contributed by atoms with Crippen molar-refractivity contribution in [1.29, 1.82) is 0 Å². The Kier molecular flexibility index (Phi) is 1.63. The van der Waals surface area contributed by atoms with Crippen molar-refractivity contribution in [2.24, 2.45) is 0 Å². The van der Waals surface area contributed by atoms with Gasteiger partial charge in [-0.25, -0.2) is 0 Å². The highest BCUT2D eigenvalue weighted by molar-refractivity contribution is 5.33. The lowest BCUT2D eigenvalue weighted by Gasteiger charge is -2.02. The quantitative estimate of drug-likeness (QED) is 0.637. The van der Waals surface area contributed by atoms with E-state index in [0.29, 0.717) is 6.61 Å². The van der Waals surface area contributed by atoms with Gasteiger partial charge in [-0.1, -0.05) is 18.2 Å². The van der Waals surface area contributed by atoms with Gasteiger partial charge in [0, 0.05) is 5.56 Å². The molecule has 0 amide bonds. The fraction of sp³-hybridized carbons (Fsp3) is 0.111. The van der Waals surface area contributed by atoms with Gasteiger partial charge >= 0.3 is 5.95 Å². The van der Waals surface area contributed by atoms with E-state index >= 15 is 0 Å². The van der Waals surface area contributed by atoms with Crippen molar-refractivity contribution < 1.29 is 14.6 Å². The Morgan fingerprint density at radius 1 is 1.25 bits per heavy atom. The minimum atomic E-state index is -0.189. The van der Waals surface area contributed by atoms with E-state index in [2.05, 4.69) is 0 Å². The Hall–Kier alpha value is -1.64. The second-order valence-corrected chi connectivity index (χ2v) is 2.47. The van der Waals surface area contributed by atoms with E-state index in [-0.39, 0.29) is 5.95 Å². The Morgan fingerprint density at radius 2 is 2.08 bits per heavy atom. The monoisotopic (exact) mass is 164 g/mol. The van der Waals surface area contributed by atoms with Gasteiger partial charge in [0.25, 0.3) is 0 Å². The summed E-state index contributed by atoms with van der Waals surface area (Å²) in [5.41, 5.74) is 0.929. The molecule has 0 atom stereocenters. The van der Waals surface area contributed by atoms with Gasteiger partial charge in [-0.3, -0.25) is 0 Å². The van der Waals surface area contributed by atoms with Crippen molar-refractivity contribution in [3.05, 3.63) is 42.0 Å². The average molecular weight is 164 g/mol. The highest BCUT2D eigenvalue weighted by Crippen LogP contribution is 2.22. The van der Waals surface area contributed by atoms with Crippen LogP contribution in [-0.4, -0.2) is 5.11 Å². The lowest BCUT2D eigenvalue weighted by molar-refractivity contribution is 0.0804. The molecule has 3 heteroatoms. The second kappa shape index (κ2) is 2.77. The zero-order chi connectivity index (χ0) is 8.39. The fourth-order valence-corrected chi connectivity index (χ4v) is 1.04. The second-order valence-electron chi connectivity index (χ2n) is 2.47. The van der Waals surface area contributed by atoms with Gasteiger partial charge < -0.3 is 14.6 Å². The predicted octanol–water partition coefficient (Wildman–Crippen LogP) is 1.95. The van der Waals surface area contributed by atoms with Crippen molar-refractivity contribution >= 4 is 0 Å². The van der Waals surface area contributed by atoms with Crippen LogP contribution in [0.2, 0.25) is 0 Å². The number of rotatable bonds is 0. The maximum atomic E-state index is 8.98. The molecule has 0 radical (unpaired) electrons. The SMILES string of the molecule is OC1=COc2ccccc2CO1. The van der Waals surface area contributed by atoms with Crippen LogP contribution < -0.4 is 4.74 Å². The normalized spacial score (nSPS) is 14.8. The van der Waals surface area contributed by atoms with Crippen molar-refractivity contribution in [3.8, 4) is 5.75 Å². The first kappa shape index (κ1) is 7.03. The number of para-hydroxylation sites is 1. The number of benzene rings is 1. The first-order chi connectivity index (χ1) is 5.86. The van der Waals surface area contributed by atoms with Crippen LogP contribution in [0.25, 0.3) is 0 Å². The van der Waals surface area contributed by atoms with Gasteiger partial charge in [-0.2, -0.15) is 0 Å². The lowest BCUT2D eigenvalue weighted by Crippen LogP contribution is -1.89. The van der Waals surface area contributed by atoms with Crippen LogP contribution in [0, 0.1) is 0 Å². The number of ether oxygens (including phenoxy) is 2. The molecule has 0 saturated heterocycles. The molecular formula is C9H8O3. The van der Waals surface area contributed by atoms with E-state index in [1.165, 1.54) is 6.26 Å². The largest absolute Gasteiger partial charge is 0.479 e. The fourth-order valence-electron chi connectivity index (χ4n) is 1.04. The first-order valence-electron chi connectivity index (χ1n) is 3.63. The third kappa shape index (κ3) is 1.21. The minimum absolute atomic E-state index is 0.189. The molecule has 0 unspecified atom stereocenters. The molecule has 3 nitrogen and oxygen atoms in total. The molecule has 1 N–H and O–H groups in total. The maximum Gasteiger partial charge on any atom is 0.314 e. The summed E-state index contributed by atoms with van der Waals surface area (Å²) in [7, 11) is 0. The van der Waals surface area contributed by atoms with Crippen LogP contribution in [0.1, 0.15) is 5.56 Å². The first-order valence-corrected chi connectivity index (χ1v) is 3.63. The van der Waals surface area contributed by atoms with E-state index in [4.69, 9.17) is 14.6 Å². The number of hydrogen-bond donors (Lipinski definition) is 1. The van der Waals surface area contributed by atoms with Crippen LogP contribution in [0.4, 0.5) is 0 Å². The molecule has 0 aromatic heterocycles. The molecule has 0 spiro atoms. The third-order valence-electron chi connectivity index (χ3n) is 1.63. The molecule has 1 aliphatic rings. The summed E-state index contributed by atoms with van der Waals surface area (Å²) in [6, 6.07) is 7.48. The van der Waals surface area contributed by atoms with Crippen LogP contribution in [0.3, 0.4) is 0 Å². The van der Waals surface area contributed by atoms with Crippen molar-refractivity contribution in [2.45, 2.75) is 6.61 Å². The molecule has 62 valence electrons. The summed E-state index contributed by atoms with van der Waals surface area (Å²) < 4.78 is 10.0. The van der Waals surface area contributed by atoms with Crippen molar-refractivity contribution in [2.75, 3.05) is 0 Å². The number of fused-ring (bicyclic) bond motifs is 1. The summed E-state index contributed by atoms with van der Waals surface area (Å²) >= 11 is 0. The van der Waals surface area contributed by atoms with Gasteiger partial charge in [0.05, 0.1) is 0 Å². The summed E-state index contributed by atoms with van der Waals surface area (Å²) in [5.74, 6) is 0.535. The van der Waals surface area contributed by atoms with Crippen LogP contribution >= 0.6 is 0 Å². The summed E-state index contributed by atoms with van der Waals surface area (Å²) in [6.45, 7) is 0.346. The van der Waals surface area contributed by atoms with Gasteiger partial charge in [-0.15, -0.1) is 0 Å². The zero-order valence-electron chi connectivity index (χ0n) is 6.36. The number of aliphatic hydroxyl groups excluding tert-OH is 1. The number of aliphatic hydroxyl groups is 1. The zero-order valence-corrected chi connectivity index (χ0v) is 6.36. The Morgan fingerprint density at radius 3 is 3.00 bits per heavy atom. The Balaban J connectivity index is 2.35. The Labute approximate surface area is 69.9 Å². The summed E-state index contributed by atoms with van der Waals surface area (Å²) in [5, 5.41) is 8.98. The van der Waals surface area contributed by atoms with E-state index in [1.807, 2.05) is 24.3 Å². The Bertz CT molecular complexity index is 317. The van der Waals surface area contributed by atoms with Gasteiger partial charge in [0.15, 0.2) is 6.26 Å². The molecule has 12 heavy (non-hydrogen) atoms. The molecule has 0 fully saturated rings. The predicted molar refractivity (Wildman–Crippen MR) is 42.6 cm³/mol. The topological polar surface area (TPSA) is 38.7 Å². The lowest BCUT2D eigenvalue weighted by atomic mass is 10.2. The van der Waals surface area contributed by atoms with E-state index in [9.17, 15) is 0 Å². The van der Waals surface area contributed by atoms with Crippen molar-refractivity contribution in [1.82, 2.24) is 0 Å². The van der Waals surface area contributed by atoms with Gasteiger partial charge in [0.1, 0.15) is 12.4 Å². The number of hydrogen-bond acceptors (Lipinski definition) is 3. The highest BCUT2D eigenvalue weighted by Gasteiger charge is 2.08. The molecule has 1 aliphatic heterocycles. The minimum Gasteiger partial charge on any atom is -0.479 e. The molecule has 1 heterocycles. The van der Waals surface area contributed by atoms with E-state index < -0.39 is 0 Å². The van der Waals surface area contributed by atoms with Crippen LogP contribution in [-0.2, 0) is 11.3 Å². The molecule has 0 bridgehead atoms. The average Bonchev–Trinajstić information content (AvgIpc) is 2.29. The van der Waals surface area contributed by atoms with Gasteiger partial charge in [-0.05, 0) is 6.07 Å². The molecule has 1 aromatic rings. The van der Waals surface area contributed by atoms with E-state index in [1.54, 1.807) is 0 Å². The molecule has 2 rings (SSSR count). The highest BCUT2D eigenvalue weighted by atomic mass is 16.6. The molecule has 0 aliphatic carbocycles. The summed E-state index contributed by atoms with van der Waals surface area (Å²) in [4.78, 5) is 0. The van der Waals surface area contributed by atoms with Crippen LogP contribution in [0.5, 0.6) is 5.75 Å². The van der Waals surface area contributed by atoms with E-state index in [0.717, 1.165) is 11.3 Å². The third-order valence-corrected chi connectivity index (χ3v) is 1.63. The maximum absolute atomic E-state index is 8.98. The standard InChI is InChI=1S/C9H8O3/c10-9-6-11-8-4-2-1-3-7(8)5-12-9/h1-4,6,10H,5H2. The summed E-state index contributed by atoms with van der Waals surface area (Å²) in [6.07, 6.45) is 1.19. The molecule has 1 aromatic carbocycles.